The first-order chi connectivity index (χ1) is 18.1. The standard InChI is InChI=1S/C29H39ClN2O5S/c1-20(32-26(33)9-7-5-6-8-10-27(34)37-29(2,3)4)11-15-23-18-31-28(38-23)36-25-16-14-22(17-24(25)30)35-19-21-12-13-21/h11,14-18,20-21H,5-10,12-13,19H2,1-4H3,(H,32,33)/b15-11+/t20-/m0/s1. The van der Waals surface area contributed by atoms with Crippen molar-refractivity contribution in [2.75, 3.05) is 6.61 Å². The Balaban J connectivity index is 1.32. The maximum atomic E-state index is 12.2. The molecular weight excluding hydrogens is 524 g/mol. The van der Waals surface area contributed by atoms with E-state index in [0.717, 1.165) is 42.9 Å². The van der Waals surface area contributed by atoms with Crippen LogP contribution in [-0.4, -0.2) is 35.1 Å². The van der Waals surface area contributed by atoms with E-state index in [2.05, 4.69) is 10.3 Å². The number of ether oxygens (including phenoxy) is 3. The van der Waals surface area contributed by atoms with Crippen molar-refractivity contribution in [3.63, 3.8) is 0 Å². The third-order valence-corrected chi connectivity index (χ3v) is 6.81. The minimum atomic E-state index is -0.443. The molecule has 2 aromatic rings. The Labute approximate surface area is 234 Å². The molecule has 0 radical (unpaired) electrons. The summed E-state index contributed by atoms with van der Waals surface area (Å²) < 4.78 is 16.9. The van der Waals surface area contributed by atoms with E-state index in [1.165, 1.54) is 24.2 Å². The summed E-state index contributed by atoms with van der Waals surface area (Å²) in [5.74, 6) is 1.80. The fourth-order valence-electron chi connectivity index (χ4n) is 3.56. The number of hydrogen-bond acceptors (Lipinski definition) is 7. The molecule has 9 heteroatoms. The zero-order valence-corrected chi connectivity index (χ0v) is 24.3. The molecule has 0 aliphatic heterocycles. The molecule has 1 aromatic carbocycles. The van der Waals surface area contributed by atoms with Gasteiger partial charge < -0.3 is 19.5 Å². The summed E-state index contributed by atoms with van der Waals surface area (Å²) in [6, 6.07) is 5.30. The van der Waals surface area contributed by atoms with Crippen molar-refractivity contribution in [3.8, 4) is 16.7 Å². The molecule has 0 saturated heterocycles. The molecule has 1 aliphatic rings. The van der Waals surface area contributed by atoms with Crippen LogP contribution in [0, 0.1) is 5.92 Å². The number of nitrogens with zero attached hydrogens (tertiary/aromatic N) is 1. The number of unbranched alkanes of at least 4 members (excludes halogenated alkanes) is 3. The Bertz CT molecular complexity index is 1090. The Morgan fingerprint density at radius 2 is 1.92 bits per heavy atom. The van der Waals surface area contributed by atoms with Gasteiger partial charge in [-0.05, 0) is 77.5 Å². The number of aromatic nitrogens is 1. The van der Waals surface area contributed by atoms with Gasteiger partial charge in [0.1, 0.15) is 17.1 Å². The molecule has 1 aromatic heterocycles. The zero-order chi connectivity index (χ0) is 27.5. The Morgan fingerprint density at radius 3 is 2.61 bits per heavy atom. The largest absolute Gasteiger partial charge is 0.493 e. The molecule has 0 bridgehead atoms. The molecule has 1 saturated carbocycles. The van der Waals surface area contributed by atoms with Crippen LogP contribution in [0.25, 0.3) is 6.08 Å². The maximum absolute atomic E-state index is 12.2. The van der Waals surface area contributed by atoms with E-state index in [1.54, 1.807) is 18.3 Å². The predicted octanol–water partition coefficient (Wildman–Crippen LogP) is 7.58. The fourth-order valence-corrected chi connectivity index (χ4v) is 4.45. The number of halogens is 1. The molecule has 0 unspecified atom stereocenters. The second-order valence-electron chi connectivity index (χ2n) is 10.7. The third-order valence-electron chi connectivity index (χ3n) is 5.68. The average Bonchev–Trinajstić information content (AvgIpc) is 3.56. The highest BCUT2D eigenvalue weighted by Crippen LogP contribution is 2.35. The van der Waals surface area contributed by atoms with Gasteiger partial charge in [0.15, 0.2) is 0 Å². The van der Waals surface area contributed by atoms with Gasteiger partial charge in [-0.15, -0.1) is 0 Å². The molecule has 3 rings (SSSR count). The lowest BCUT2D eigenvalue weighted by atomic mass is 10.1. The molecule has 7 nitrogen and oxygen atoms in total. The average molecular weight is 563 g/mol. The molecule has 0 spiro atoms. The van der Waals surface area contributed by atoms with Gasteiger partial charge in [-0.3, -0.25) is 9.59 Å². The minimum absolute atomic E-state index is 0.0156. The number of nitrogens with one attached hydrogen (secondary N) is 1. The number of amides is 1. The Kier molecular flexibility index (Phi) is 11.5. The van der Waals surface area contributed by atoms with Crippen LogP contribution < -0.4 is 14.8 Å². The number of hydrogen-bond donors (Lipinski definition) is 1. The van der Waals surface area contributed by atoms with Crippen molar-refractivity contribution in [1.82, 2.24) is 10.3 Å². The summed E-state index contributed by atoms with van der Waals surface area (Å²) >= 11 is 7.76. The normalized spacial score (nSPS) is 14.3. The van der Waals surface area contributed by atoms with Crippen LogP contribution in [0.3, 0.4) is 0 Å². The number of benzene rings is 1. The third kappa shape index (κ3) is 11.9. The maximum Gasteiger partial charge on any atom is 0.306 e. The smallest absolute Gasteiger partial charge is 0.306 e. The van der Waals surface area contributed by atoms with E-state index >= 15 is 0 Å². The van der Waals surface area contributed by atoms with E-state index in [-0.39, 0.29) is 17.9 Å². The fraction of sp³-hybridized carbons (Fsp3) is 0.552. The Morgan fingerprint density at radius 1 is 1.18 bits per heavy atom. The van der Waals surface area contributed by atoms with Gasteiger partial charge in [-0.25, -0.2) is 4.98 Å². The summed E-state index contributed by atoms with van der Waals surface area (Å²) in [6.45, 7) is 8.26. The number of carbonyl (C=O) groups excluding carboxylic acids is 2. The van der Waals surface area contributed by atoms with E-state index < -0.39 is 5.60 Å². The van der Waals surface area contributed by atoms with E-state index in [1.807, 2.05) is 45.9 Å². The van der Waals surface area contributed by atoms with Crippen LogP contribution in [0.2, 0.25) is 5.02 Å². The van der Waals surface area contributed by atoms with Gasteiger partial charge in [0.2, 0.25) is 5.91 Å². The molecule has 38 heavy (non-hydrogen) atoms. The highest BCUT2D eigenvalue weighted by atomic mass is 35.5. The van der Waals surface area contributed by atoms with Crippen LogP contribution in [0.15, 0.2) is 30.5 Å². The molecular formula is C29H39ClN2O5S. The first-order valence-electron chi connectivity index (χ1n) is 13.3. The summed E-state index contributed by atoms with van der Waals surface area (Å²) in [5.41, 5.74) is -0.443. The summed E-state index contributed by atoms with van der Waals surface area (Å²) in [4.78, 5) is 29.2. The highest BCUT2D eigenvalue weighted by molar-refractivity contribution is 7.14. The predicted molar refractivity (Wildman–Crippen MR) is 152 cm³/mol. The molecule has 1 amide bonds. The van der Waals surface area contributed by atoms with Crippen LogP contribution in [0.4, 0.5) is 0 Å². The number of carbonyl (C=O) groups is 2. The van der Waals surface area contributed by atoms with Gasteiger partial charge in [-0.2, -0.15) is 0 Å². The van der Waals surface area contributed by atoms with Crippen molar-refractivity contribution in [2.45, 2.75) is 90.7 Å². The van der Waals surface area contributed by atoms with E-state index in [4.69, 9.17) is 25.8 Å². The van der Waals surface area contributed by atoms with Gasteiger partial charge >= 0.3 is 5.97 Å². The van der Waals surface area contributed by atoms with Crippen LogP contribution in [0.1, 0.15) is 83.9 Å². The molecule has 208 valence electrons. The molecule has 1 N–H and O–H groups in total. The quantitative estimate of drug-likeness (QED) is 0.178. The van der Waals surface area contributed by atoms with Gasteiger partial charge in [0.05, 0.1) is 16.5 Å². The van der Waals surface area contributed by atoms with Crippen molar-refractivity contribution >= 4 is 40.9 Å². The first-order valence-corrected chi connectivity index (χ1v) is 14.5. The van der Waals surface area contributed by atoms with E-state index in [9.17, 15) is 9.59 Å². The highest BCUT2D eigenvalue weighted by Gasteiger charge is 2.22. The van der Waals surface area contributed by atoms with Crippen LogP contribution >= 0.6 is 22.9 Å². The molecule has 1 atom stereocenters. The lowest BCUT2D eigenvalue weighted by Gasteiger charge is -2.19. The van der Waals surface area contributed by atoms with Crippen molar-refractivity contribution < 1.29 is 23.8 Å². The summed E-state index contributed by atoms with van der Waals surface area (Å²) in [6.07, 6.45) is 12.3. The summed E-state index contributed by atoms with van der Waals surface area (Å²) in [7, 11) is 0. The number of rotatable bonds is 15. The second kappa shape index (κ2) is 14.5. The van der Waals surface area contributed by atoms with Crippen LogP contribution in [0.5, 0.6) is 16.7 Å². The topological polar surface area (TPSA) is 86.8 Å². The zero-order valence-electron chi connectivity index (χ0n) is 22.8. The lowest BCUT2D eigenvalue weighted by molar-refractivity contribution is -0.154. The van der Waals surface area contributed by atoms with Gasteiger partial charge in [-0.1, -0.05) is 41.9 Å². The van der Waals surface area contributed by atoms with Crippen LogP contribution in [-0.2, 0) is 14.3 Å². The lowest BCUT2D eigenvalue weighted by Crippen LogP contribution is -2.30. The van der Waals surface area contributed by atoms with E-state index in [0.29, 0.717) is 34.7 Å². The second-order valence-corrected chi connectivity index (χ2v) is 12.1. The first kappa shape index (κ1) is 30.0. The number of thiazole rings is 1. The Hall–Kier alpha value is -2.58. The van der Waals surface area contributed by atoms with Gasteiger partial charge in [0, 0.05) is 31.1 Å². The SMILES string of the molecule is C[C@@H](/C=C/c1cnc(Oc2ccc(OCC3CC3)cc2Cl)s1)NC(=O)CCCCCCC(=O)OC(C)(C)C. The molecule has 1 aliphatic carbocycles. The monoisotopic (exact) mass is 562 g/mol. The minimum Gasteiger partial charge on any atom is -0.493 e. The van der Waals surface area contributed by atoms with Crippen molar-refractivity contribution in [2.24, 2.45) is 5.92 Å². The number of esters is 1. The van der Waals surface area contributed by atoms with Crippen molar-refractivity contribution in [1.29, 1.82) is 0 Å². The van der Waals surface area contributed by atoms with Gasteiger partial charge in [0.25, 0.3) is 5.19 Å². The molecule has 1 fully saturated rings. The molecule has 1 heterocycles. The summed E-state index contributed by atoms with van der Waals surface area (Å²) in [5, 5.41) is 3.95. The van der Waals surface area contributed by atoms with Crippen molar-refractivity contribution in [3.05, 3.63) is 40.4 Å².